The van der Waals surface area contributed by atoms with Crippen molar-refractivity contribution in [2.45, 2.75) is 213 Å². The fraction of sp³-hybridized carbons (Fsp3) is 0.919. The zero-order chi connectivity index (χ0) is 33.1. The van der Waals surface area contributed by atoms with Crippen LogP contribution in [-0.4, -0.2) is 55.7 Å². The number of esters is 3. The van der Waals surface area contributed by atoms with Crippen molar-refractivity contribution in [1.82, 2.24) is 0 Å². The van der Waals surface area contributed by atoms with Crippen molar-refractivity contribution in [3.05, 3.63) is 0 Å². The predicted molar refractivity (Wildman–Crippen MR) is 179 cm³/mol. The average Bonchev–Trinajstić information content (AvgIpc) is 3.02. The molecule has 1 aliphatic rings. The van der Waals surface area contributed by atoms with Crippen LogP contribution in [0.25, 0.3) is 0 Å². The number of carbonyl (C=O) groups is 3. The van der Waals surface area contributed by atoms with E-state index in [0.717, 1.165) is 57.8 Å². The lowest BCUT2D eigenvalue weighted by molar-refractivity contribution is -0.295. The molecular weight excluding hydrogens is 572 g/mol. The Labute approximate surface area is 275 Å². The smallest absolute Gasteiger partial charge is 0.306 e. The molecule has 0 bridgehead atoms. The van der Waals surface area contributed by atoms with Gasteiger partial charge in [-0.1, -0.05) is 136 Å². The van der Waals surface area contributed by atoms with Crippen molar-refractivity contribution in [3.8, 4) is 0 Å². The molecule has 0 aromatic carbocycles. The lowest BCUT2D eigenvalue weighted by Crippen LogP contribution is -2.61. The van der Waals surface area contributed by atoms with Gasteiger partial charge in [0.2, 0.25) is 0 Å². The minimum atomic E-state index is -1.03. The third-order valence-electron chi connectivity index (χ3n) is 8.72. The summed E-state index contributed by atoms with van der Waals surface area (Å²) in [5.74, 6) is -1.14. The molecule has 1 heterocycles. The second-order valence-corrected chi connectivity index (χ2v) is 12.9. The van der Waals surface area contributed by atoms with Gasteiger partial charge in [-0.15, -0.1) is 0 Å². The summed E-state index contributed by atoms with van der Waals surface area (Å²) in [5, 5.41) is 0. The molecule has 264 valence electrons. The monoisotopic (exact) mass is 640 g/mol. The van der Waals surface area contributed by atoms with Crippen molar-refractivity contribution in [2.24, 2.45) is 0 Å². The maximum atomic E-state index is 13.1. The number of carbonyl (C=O) groups excluding carboxylic acids is 3. The van der Waals surface area contributed by atoms with Gasteiger partial charge in [0.25, 0.3) is 0 Å². The molecule has 0 aromatic rings. The number of ether oxygens (including phenoxy) is 5. The summed E-state index contributed by atoms with van der Waals surface area (Å²) >= 11 is 0. The molecule has 0 N–H and O–H groups in total. The van der Waals surface area contributed by atoms with Gasteiger partial charge in [0, 0.05) is 26.4 Å². The molecule has 8 nitrogen and oxygen atoms in total. The summed E-state index contributed by atoms with van der Waals surface area (Å²) in [6.45, 7) is 8.36. The van der Waals surface area contributed by atoms with Crippen molar-refractivity contribution in [1.29, 1.82) is 0 Å². The van der Waals surface area contributed by atoms with Crippen LogP contribution in [0.4, 0.5) is 0 Å². The second-order valence-electron chi connectivity index (χ2n) is 12.9. The van der Waals surface area contributed by atoms with Gasteiger partial charge in [0.15, 0.2) is 24.6 Å². The summed E-state index contributed by atoms with van der Waals surface area (Å²) in [6, 6.07) is 0. The van der Waals surface area contributed by atoms with E-state index >= 15 is 0 Å². The van der Waals surface area contributed by atoms with Crippen molar-refractivity contribution in [2.75, 3.05) is 7.11 Å². The maximum absolute atomic E-state index is 13.1. The van der Waals surface area contributed by atoms with E-state index in [1.54, 1.807) is 6.92 Å². The molecule has 1 aliphatic heterocycles. The summed E-state index contributed by atoms with van der Waals surface area (Å²) < 4.78 is 29.3. The Hall–Kier alpha value is -1.67. The Kier molecular flexibility index (Phi) is 25.2. The maximum Gasteiger partial charge on any atom is 0.306 e. The average molecular weight is 641 g/mol. The molecule has 0 saturated carbocycles. The lowest BCUT2D eigenvalue weighted by Gasteiger charge is -2.43. The third kappa shape index (κ3) is 19.6. The fourth-order valence-corrected chi connectivity index (χ4v) is 5.90. The first kappa shape index (κ1) is 41.4. The van der Waals surface area contributed by atoms with Crippen LogP contribution in [0.1, 0.15) is 182 Å². The zero-order valence-electron chi connectivity index (χ0n) is 29.6. The molecule has 5 atom stereocenters. The SMILES string of the molecule is CCCCCCCCCC(=O)OC1C(C)OC(OC)C(OC(=O)CCCCCCCCC)C1OC(=O)CCCCCCCCC. The lowest BCUT2D eigenvalue weighted by atomic mass is 9.98. The standard InChI is InChI=1S/C37H68O8/c1-6-9-12-15-18-21-24-27-31(38)43-34-30(4)42-37(41-5)36(45-33(40)29-26-23-20-17-14-11-8-3)35(34)44-32(39)28-25-22-19-16-13-10-7-2/h30,34-37H,6-29H2,1-5H3. The fourth-order valence-electron chi connectivity index (χ4n) is 5.90. The van der Waals surface area contributed by atoms with E-state index in [-0.39, 0.29) is 25.2 Å². The first-order valence-electron chi connectivity index (χ1n) is 18.6. The molecule has 0 aromatic heterocycles. The summed E-state index contributed by atoms with van der Waals surface area (Å²) in [7, 11) is 1.47. The molecular formula is C37H68O8. The largest absolute Gasteiger partial charge is 0.455 e. The topological polar surface area (TPSA) is 97.4 Å². The molecule has 0 aliphatic carbocycles. The van der Waals surface area contributed by atoms with Crippen LogP contribution in [0.3, 0.4) is 0 Å². The van der Waals surface area contributed by atoms with Gasteiger partial charge in [0.1, 0.15) is 0 Å². The number of methoxy groups -OCH3 is 1. The van der Waals surface area contributed by atoms with Crippen LogP contribution >= 0.6 is 0 Å². The quantitative estimate of drug-likeness (QED) is 0.0474. The first-order valence-corrected chi connectivity index (χ1v) is 18.6. The molecule has 45 heavy (non-hydrogen) atoms. The number of hydrogen-bond donors (Lipinski definition) is 0. The minimum absolute atomic E-state index is 0.258. The van der Waals surface area contributed by atoms with E-state index in [1.807, 2.05) is 0 Å². The molecule has 0 radical (unpaired) electrons. The van der Waals surface area contributed by atoms with Crippen LogP contribution in [0.5, 0.6) is 0 Å². The number of rotatable bonds is 28. The van der Waals surface area contributed by atoms with E-state index in [2.05, 4.69) is 20.8 Å². The summed E-state index contributed by atoms with van der Waals surface area (Å²) in [5.41, 5.74) is 0. The molecule has 0 spiro atoms. The highest BCUT2D eigenvalue weighted by atomic mass is 16.7. The Morgan fingerprint density at radius 1 is 0.467 bits per heavy atom. The molecule has 0 amide bonds. The summed E-state index contributed by atoms with van der Waals surface area (Å²) in [4.78, 5) is 39.0. The van der Waals surface area contributed by atoms with E-state index in [4.69, 9.17) is 23.7 Å². The van der Waals surface area contributed by atoms with E-state index in [9.17, 15) is 14.4 Å². The van der Waals surface area contributed by atoms with E-state index in [1.165, 1.54) is 84.2 Å². The van der Waals surface area contributed by atoms with Crippen LogP contribution in [0.2, 0.25) is 0 Å². The Morgan fingerprint density at radius 2 is 0.778 bits per heavy atom. The van der Waals surface area contributed by atoms with Gasteiger partial charge in [-0.25, -0.2) is 0 Å². The van der Waals surface area contributed by atoms with Crippen molar-refractivity contribution < 1.29 is 38.1 Å². The van der Waals surface area contributed by atoms with Gasteiger partial charge in [-0.3, -0.25) is 14.4 Å². The Bertz CT molecular complexity index is 757. The molecule has 1 saturated heterocycles. The van der Waals surface area contributed by atoms with E-state index in [0.29, 0.717) is 0 Å². The highest BCUT2D eigenvalue weighted by Gasteiger charge is 2.51. The van der Waals surface area contributed by atoms with E-state index < -0.39 is 42.6 Å². The highest BCUT2D eigenvalue weighted by Crippen LogP contribution is 2.30. The minimum Gasteiger partial charge on any atom is -0.455 e. The first-order chi connectivity index (χ1) is 21.9. The van der Waals surface area contributed by atoms with Gasteiger partial charge in [-0.2, -0.15) is 0 Å². The Balaban J connectivity index is 2.83. The van der Waals surface area contributed by atoms with Crippen LogP contribution < -0.4 is 0 Å². The molecule has 1 fully saturated rings. The second kappa shape index (κ2) is 27.4. The van der Waals surface area contributed by atoms with Crippen LogP contribution in [-0.2, 0) is 38.1 Å². The number of unbranched alkanes of at least 4 members (excludes halogenated alkanes) is 18. The van der Waals surface area contributed by atoms with Gasteiger partial charge in [-0.05, 0) is 26.2 Å². The van der Waals surface area contributed by atoms with Crippen LogP contribution in [0.15, 0.2) is 0 Å². The van der Waals surface area contributed by atoms with Crippen LogP contribution in [0, 0.1) is 0 Å². The number of hydrogen-bond acceptors (Lipinski definition) is 8. The summed E-state index contributed by atoms with van der Waals surface area (Å²) in [6.07, 6.45) is 19.2. The van der Waals surface area contributed by atoms with Gasteiger partial charge < -0.3 is 23.7 Å². The molecule has 5 unspecified atom stereocenters. The highest BCUT2D eigenvalue weighted by molar-refractivity contribution is 5.71. The molecule has 1 rings (SSSR count). The van der Waals surface area contributed by atoms with Gasteiger partial charge >= 0.3 is 17.9 Å². The third-order valence-corrected chi connectivity index (χ3v) is 8.72. The Morgan fingerprint density at radius 3 is 1.13 bits per heavy atom. The molecule has 8 heteroatoms. The van der Waals surface area contributed by atoms with Crippen molar-refractivity contribution in [3.63, 3.8) is 0 Å². The van der Waals surface area contributed by atoms with Crippen molar-refractivity contribution >= 4 is 17.9 Å². The predicted octanol–water partition coefficient (Wildman–Crippen LogP) is 9.54. The zero-order valence-corrected chi connectivity index (χ0v) is 29.6. The van der Waals surface area contributed by atoms with Gasteiger partial charge in [0.05, 0.1) is 6.10 Å². The normalized spacial score (nSPS) is 21.4.